The van der Waals surface area contributed by atoms with Gasteiger partial charge >= 0.3 is 12.2 Å². The minimum atomic E-state index is -0.584. The molecule has 0 heterocycles. The van der Waals surface area contributed by atoms with Gasteiger partial charge in [-0.1, -0.05) is 37.3 Å². The molecular formula is C23H38N2O4. The van der Waals surface area contributed by atoms with Crippen molar-refractivity contribution in [1.82, 2.24) is 10.6 Å². The van der Waals surface area contributed by atoms with Crippen LogP contribution in [0.1, 0.15) is 73.3 Å². The molecule has 164 valence electrons. The summed E-state index contributed by atoms with van der Waals surface area (Å²) in [6.07, 6.45) is 2.18. The zero-order chi connectivity index (χ0) is 22.1. The Morgan fingerprint density at radius 2 is 1.34 bits per heavy atom. The number of rotatable bonds is 8. The summed E-state index contributed by atoms with van der Waals surface area (Å²) < 4.78 is 10.8. The van der Waals surface area contributed by atoms with Gasteiger partial charge in [-0.05, 0) is 72.8 Å². The van der Waals surface area contributed by atoms with E-state index in [0.717, 1.165) is 12.8 Å². The van der Waals surface area contributed by atoms with Gasteiger partial charge in [-0.15, -0.1) is 0 Å². The van der Waals surface area contributed by atoms with E-state index >= 15 is 0 Å². The first-order chi connectivity index (χ1) is 13.4. The van der Waals surface area contributed by atoms with E-state index in [4.69, 9.17) is 9.47 Å². The number of benzene rings is 1. The predicted molar refractivity (Wildman–Crippen MR) is 116 cm³/mol. The first kappa shape index (κ1) is 24.8. The molecule has 0 aliphatic carbocycles. The van der Waals surface area contributed by atoms with Gasteiger partial charge in [-0.2, -0.15) is 0 Å². The fourth-order valence-corrected chi connectivity index (χ4v) is 2.95. The fourth-order valence-electron chi connectivity index (χ4n) is 2.95. The third kappa shape index (κ3) is 11.4. The highest BCUT2D eigenvalue weighted by molar-refractivity contribution is 5.70. The number of carbonyl (C=O) groups excluding carboxylic acids is 2. The second-order valence-corrected chi connectivity index (χ2v) is 9.29. The van der Waals surface area contributed by atoms with Crippen LogP contribution < -0.4 is 10.6 Å². The number of alkyl carbamates (subject to hydrolysis) is 2. The van der Waals surface area contributed by atoms with E-state index in [1.807, 2.05) is 66.7 Å². The van der Waals surface area contributed by atoms with Gasteiger partial charge in [0.2, 0.25) is 0 Å². The van der Waals surface area contributed by atoms with E-state index in [-0.39, 0.29) is 12.1 Å². The van der Waals surface area contributed by atoms with Gasteiger partial charge < -0.3 is 20.1 Å². The summed E-state index contributed by atoms with van der Waals surface area (Å²) in [5.41, 5.74) is 0.0830. The molecule has 0 bridgehead atoms. The number of amides is 2. The summed E-state index contributed by atoms with van der Waals surface area (Å²) in [7, 11) is 0. The van der Waals surface area contributed by atoms with E-state index < -0.39 is 23.4 Å². The van der Waals surface area contributed by atoms with Crippen molar-refractivity contribution in [2.75, 3.05) is 0 Å². The maximum Gasteiger partial charge on any atom is 0.407 e. The van der Waals surface area contributed by atoms with Crippen LogP contribution in [-0.2, 0) is 15.9 Å². The van der Waals surface area contributed by atoms with Crippen molar-refractivity contribution in [1.29, 1.82) is 0 Å². The van der Waals surface area contributed by atoms with Crippen LogP contribution in [0.3, 0.4) is 0 Å². The van der Waals surface area contributed by atoms with Crippen LogP contribution in [0, 0.1) is 0 Å². The van der Waals surface area contributed by atoms with E-state index in [1.54, 1.807) is 0 Å². The van der Waals surface area contributed by atoms with E-state index in [0.29, 0.717) is 12.8 Å². The number of aryl methyl sites for hydroxylation is 1. The number of nitrogens with one attached hydrogen (secondary N) is 2. The molecule has 1 aromatic rings. The smallest absolute Gasteiger partial charge is 0.407 e. The van der Waals surface area contributed by atoms with Crippen LogP contribution in [0.25, 0.3) is 0 Å². The van der Waals surface area contributed by atoms with E-state index in [9.17, 15) is 9.59 Å². The number of hydrogen-bond donors (Lipinski definition) is 2. The molecule has 0 aliphatic rings. The molecule has 1 rings (SSSR count). The Balaban J connectivity index is 2.79. The van der Waals surface area contributed by atoms with Crippen molar-refractivity contribution < 1.29 is 19.1 Å². The quantitative estimate of drug-likeness (QED) is 0.622. The highest BCUT2D eigenvalue weighted by Gasteiger charge is 2.27. The average Bonchev–Trinajstić information content (AvgIpc) is 2.56. The van der Waals surface area contributed by atoms with Gasteiger partial charge in [0.1, 0.15) is 11.2 Å². The molecule has 2 N–H and O–H groups in total. The van der Waals surface area contributed by atoms with Gasteiger partial charge in [0.05, 0.1) is 12.1 Å². The van der Waals surface area contributed by atoms with Crippen LogP contribution in [0.5, 0.6) is 0 Å². The largest absolute Gasteiger partial charge is 0.444 e. The second-order valence-electron chi connectivity index (χ2n) is 9.29. The molecule has 0 fully saturated rings. The van der Waals surface area contributed by atoms with E-state index in [1.165, 1.54) is 5.56 Å². The Bertz CT molecular complexity index is 633. The van der Waals surface area contributed by atoms with Gasteiger partial charge in [-0.25, -0.2) is 9.59 Å². The number of carbonyl (C=O) groups is 2. The normalized spacial score (nSPS) is 13.9. The first-order valence-corrected chi connectivity index (χ1v) is 10.4. The minimum Gasteiger partial charge on any atom is -0.444 e. The Morgan fingerprint density at radius 1 is 0.862 bits per heavy atom. The highest BCUT2D eigenvalue weighted by Crippen LogP contribution is 2.14. The fraction of sp³-hybridized carbons (Fsp3) is 0.652. The summed E-state index contributed by atoms with van der Waals surface area (Å²) in [6.45, 7) is 12.9. The molecule has 0 aromatic heterocycles. The molecule has 29 heavy (non-hydrogen) atoms. The van der Waals surface area contributed by atoms with Crippen LogP contribution in [0.15, 0.2) is 30.3 Å². The van der Waals surface area contributed by atoms with Crippen molar-refractivity contribution in [2.45, 2.75) is 97.4 Å². The Hall–Kier alpha value is -2.24. The van der Waals surface area contributed by atoms with Gasteiger partial charge in [0.15, 0.2) is 0 Å². The van der Waals surface area contributed by atoms with Crippen LogP contribution in [-0.4, -0.2) is 35.5 Å². The number of hydrogen-bond acceptors (Lipinski definition) is 4. The zero-order valence-corrected chi connectivity index (χ0v) is 19.0. The van der Waals surface area contributed by atoms with Crippen molar-refractivity contribution >= 4 is 12.2 Å². The summed E-state index contributed by atoms with van der Waals surface area (Å²) in [6, 6.07) is 9.70. The van der Waals surface area contributed by atoms with Gasteiger partial charge in [0.25, 0.3) is 0 Å². The molecule has 6 heteroatoms. The standard InChI is InChI=1S/C23H38N2O4/c1-8-18(24-20(26)28-22(2,3)4)19(25-21(27)29-23(5,6)7)16-12-15-17-13-10-9-11-14-17/h9-11,13-14,18-19H,8,12,15-16H2,1-7H3,(H,24,26)(H,25,27)/t18-,19+/m1/s1. The molecule has 0 aliphatic heterocycles. The lowest BCUT2D eigenvalue weighted by molar-refractivity contribution is 0.0423. The third-order valence-electron chi connectivity index (χ3n) is 4.15. The molecule has 6 nitrogen and oxygen atoms in total. The topological polar surface area (TPSA) is 76.7 Å². The molecular weight excluding hydrogens is 368 g/mol. The minimum absolute atomic E-state index is 0.256. The molecule has 0 radical (unpaired) electrons. The lowest BCUT2D eigenvalue weighted by atomic mass is 9.98. The number of ether oxygens (including phenoxy) is 2. The Kier molecular flexibility index (Phi) is 9.47. The maximum atomic E-state index is 12.4. The van der Waals surface area contributed by atoms with Crippen LogP contribution in [0.2, 0.25) is 0 Å². The van der Waals surface area contributed by atoms with Crippen molar-refractivity contribution in [3.8, 4) is 0 Å². The Labute approximate surface area is 175 Å². The maximum absolute atomic E-state index is 12.4. The summed E-state index contributed by atoms with van der Waals surface area (Å²) in [5, 5.41) is 5.86. The van der Waals surface area contributed by atoms with Crippen LogP contribution in [0.4, 0.5) is 9.59 Å². The highest BCUT2D eigenvalue weighted by atomic mass is 16.6. The molecule has 2 atom stereocenters. The van der Waals surface area contributed by atoms with Crippen molar-refractivity contribution in [3.05, 3.63) is 35.9 Å². The zero-order valence-electron chi connectivity index (χ0n) is 19.0. The van der Waals surface area contributed by atoms with E-state index in [2.05, 4.69) is 22.8 Å². The predicted octanol–water partition coefficient (Wildman–Crippen LogP) is 5.21. The van der Waals surface area contributed by atoms with Gasteiger partial charge in [-0.3, -0.25) is 0 Å². The molecule has 0 spiro atoms. The Morgan fingerprint density at radius 3 is 1.79 bits per heavy atom. The summed E-state index contributed by atoms with van der Waals surface area (Å²) >= 11 is 0. The second kappa shape index (κ2) is 11.1. The first-order valence-electron chi connectivity index (χ1n) is 10.4. The van der Waals surface area contributed by atoms with Crippen LogP contribution >= 0.6 is 0 Å². The summed E-state index contributed by atoms with van der Waals surface area (Å²) in [5.74, 6) is 0. The molecule has 2 amide bonds. The molecule has 0 unspecified atom stereocenters. The monoisotopic (exact) mass is 406 g/mol. The summed E-state index contributed by atoms with van der Waals surface area (Å²) in [4.78, 5) is 24.6. The SMILES string of the molecule is CC[C@@H](NC(=O)OC(C)(C)C)[C@H](CCCc1ccccc1)NC(=O)OC(C)(C)C. The molecule has 0 saturated carbocycles. The molecule has 1 aromatic carbocycles. The lowest BCUT2D eigenvalue weighted by Crippen LogP contribution is -2.53. The van der Waals surface area contributed by atoms with Gasteiger partial charge in [0, 0.05) is 0 Å². The molecule has 0 saturated heterocycles. The average molecular weight is 407 g/mol. The van der Waals surface area contributed by atoms with Crippen molar-refractivity contribution in [3.63, 3.8) is 0 Å². The third-order valence-corrected chi connectivity index (χ3v) is 4.15. The lowest BCUT2D eigenvalue weighted by Gasteiger charge is -2.30. The van der Waals surface area contributed by atoms with Crippen molar-refractivity contribution in [2.24, 2.45) is 0 Å².